The molecule has 0 saturated carbocycles. The Bertz CT molecular complexity index is 614. The second kappa shape index (κ2) is 4.60. The fourth-order valence-corrected chi connectivity index (χ4v) is 1.74. The summed E-state index contributed by atoms with van der Waals surface area (Å²) in [5, 5.41) is 3.29. The van der Waals surface area contributed by atoms with Gasteiger partial charge in [0.1, 0.15) is 0 Å². The molecule has 4 heteroatoms. The smallest absolute Gasteiger partial charge is 0.172 e. The molecule has 0 bridgehead atoms. The zero-order valence-electron chi connectivity index (χ0n) is 9.71. The number of nitrogens with one attached hydrogen (secondary N) is 1. The van der Waals surface area contributed by atoms with Crippen molar-refractivity contribution in [2.24, 2.45) is 0 Å². The zero-order valence-corrected chi connectivity index (χ0v) is 10.5. The molecule has 0 atom stereocenters. The van der Waals surface area contributed by atoms with Gasteiger partial charge in [-0.3, -0.25) is 0 Å². The minimum Gasteiger partial charge on any atom is -0.357 e. The number of terminal acetylenes is 1. The normalized spacial score (nSPS) is 10.2. The summed E-state index contributed by atoms with van der Waals surface area (Å²) in [4.78, 5) is 8.72. The summed E-state index contributed by atoms with van der Waals surface area (Å²) in [5.74, 6) is 3.00. The SMILES string of the molecule is C#CCNc1nc2cc(C)c(C)cc2nc1Cl. The quantitative estimate of drug-likeness (QED) is 0.827. The molecule has 2 aromatic rings. The largest absolute Gasteiger partial charge is 0.357 e. The van der Waals surface area contributed by atoms with Crippen molar-refractivity contribution in [3.05, 3.63) is 28.4 Å². The van der Waals surface area contributed by atoms with Crippen LogP contribution in [0.4, 0.5) is 5.82 Å². The van der Waals surface area contributed by atoms with Gasteiger partial charge in [-0.15, -0.1) is 6.42 Å². The highest BCUT2D eigenvalue weighted by Crippen LogP contribution is 2.23. The van der Waals surface area contributed by atoms with Crippen molar-refractivity contribution >= 4 is 28.5 Å². The maximum absolute atomic E-state index is 6.03. The molecule has 86 valence electrons. The maximum Gasteiger partial charge on any atom is 0.172 e. The molecule has 2 rings (SSSR count). The minimum atomic E-state index is 0.344. The summed E-state index contributed by atoms with van der Waals surface area (Å²) < 4.78 is 0. The summed E-state index contributed by atoms with van der Waals surface area (Å²) in [5.41, 5.74) is 3.96. The molecule has 0 aliphatic heterocycles. The van der Waals surface area contributed by atoms with Gasteiger partial charge in [0, 0.05) is 0 Å². The number of fused-ring (bicyclic) bond motifs is 1. The molecule has 0 amide bonds. The van der Waals surface area contributed by atoms with Gasteiger partial charge in [0.25, 0.3) is 0 Å². The number of rotatable bonds is 2. The number of aryl methyl sites for hydroxylation is 2. The fourth-order valence-electron chi connectivity index (χ4n) is 1.54. The maximum atomic E-state index is 6.03. The van der Waals surface area contributed by atoms with Gasteiger partial charge in [-0.25, -0.2) is 9.97 Å². The lowest BCUT2D eigenvalue weighted by molar-refractivity contribution is 1.22. The average molecular weight is 246 g/mol. The van der Waals surface area contributed by atoms with Crippen LogP contribution in [0.5, 0.6) is 0 Å². The first-order valence-corrected chi connectivity index (χ1v) is 5.61. The Balaban J connectivity index is 2.56. The third kappa shape index (κ3) is 2.32. The zero-order chi connectivity index (χ0) is 12.4. The molecular weight excluding hydrogens is 234 g/mol. The van der Waals surface area contributed by atoms with Gasteiger partial charge in [0.2, 0.25) is 0 Å². The Morgan fingerprint density at radius 3 is 2.41 bits per heavy atom. The molecular formula is C13H12ClN3. The Kier molecular flexibility index (Phi) is 3.16. The summed E-state index contributed by atoms with van der Waals surface area (Å²) in [6.07, 6.45) is 5.18. The van der Waals surface area contributed by atoms with Crippen molar-refractivity contribution in [3.8, 4) is 12.3 Å². The van der Waals surface area contributed by atoms with E-state index < -0.39 is 0 Å². The molecule has 1 aromatic carbocycles. The number of nitrogens with zero attached hydrogens (tertiary/aromatic N) is 2. The standard InChI is InChI=1S/C13H12ClN3/c1-4-5-15-13-12(14)16-10-6-8(2)9(3)7-11(10)17-13/h1,6-7H,5H2,2-3H3,(H,15,17). The van der Waals surface area contributed by atoms with Crippen LogP contribution in [0.2, 0.25) is 5.15 Å². The van der Waals surface area contributed by atoms with E-state index in [4.69, 9.17) is 18.0 Å². The highest BCUT2D eigenvalue weighted by molar-refractivity contribution is 6.32. The molecule has 0 aliphatic rings. The monoisotopic (exact) mass is 245 g/mol. The summed E-state index contributed by atoms with van der Waals surface area (Å²) >= 11 is 6.03. The highest BCUT2D eigenvalue weighted by Gasteiger charge is 2.07. The van der Waals surface area contributed by atoms with Gasteiger partial charge in [0.15, 0.2) is 11.0 Å². The molecule has 0 saturated heterocycles. The molecule has 1 aromatic heterocycles. The van der Waals surface area contributed by atoms with Crippen LogP contribution in [0, 0.1) is 26.2 Å². The van der Waals surface area contributed by atoms with Crippen LogP contribution >= 0.6 is 11.6 Å². The average Bonchev–Trinajstić information content (AvgIpc) is 2.29. The summed E-state index contributed by atoms with van der Waals surface area (Å²) in [6, 6.07) is 3.98. The first-order valence-electron chi connectivity index (χ1n) is 5.23. The predicted molar refractivity (Wildman–Crippen MR) is 71.3 cm³/mol. The number of benzene rings is 1. The highest BCUT2D eigenvalue weighted by atomic mass is 35.5. The number of anilines is 1. The van der Waals surface area contributed by atoms with Crippen LogP contribution in [0.25, 0.3) is 11.0 Å². The summed E-state index contributed by atoms with van der Waals surface area (Å²) in [6.45, 7) is 4.46. The summed E-state index contributed by atoms with van der Waals surface area (Å²) in [7, 11) is 0. The van der Waals surface area contributed by atoms with Crippen molar-refractivity contribution in [3.63, 3.8) is 0 Å². The Morgan fingerprint density at radius 2 is 1.82 bits per heavy atom. The third-order valence-corrected chi connectivity index (χ3v) is 2.86. The molecule has 1 heterocycles. The first kappa shape index (κ1) is 11.7. The van der Waals surface area contributed by atoms with E-state index in [2.05, 4.69) is 21.2 Å². The molecule has 1 N–H and O–H groups in total. The van der Waals surface area contributed by atoms with Crippen molar-refractivity contribution in [1.82, 2.24) is 9.97 Å². The van der Waals surface area contributed by atoms with Gasteiger partial charge < -0.3 is 5.32 Å². The van der Waals surface area contributed by atoms with E-state index in [1.54, 1.807) is 0 Å². The Hall–Kier alpha value is -1.79. The fraction of sp³-hybridized carbons (Fsp3) is 0.231. The van der Waals surface area contributed by atoms with E-state index >= 15 is 0 Å². The molecule has 0 fully saturated rings. The lowest BCUT2D eigenvalue weighted by atomic mass is 10.1. The van der Waals surface area contributed by atoms with Crippen LogP contribution in [-0.4, -0.2) is 16.5 Å². The van der Waals surface area contributed by atoms with Crippen molar-refractivity contribution < 1.29 is 0 Å². The molecule has 0 spiro atoms. The molecule has 17 heavy (non-hydrogen) atoms. The second-order valence-electron chi connectivity index (χ2n) is 3.85. The van der Waals surface area contributed by atoms with Crippen LogP contribution < -0.4 is 5.32 Å². The lowest BCUT2D eigenvalue weighted by Crippen LogP contribution is -2.03. The van der Waals surface area contributed by atoms with E-state index in [9.17, 15) is 0 Å². The van der Waals surface area contributed by atoms with Gasteiger partial charge in [0.05, 0.1) is 17.6 Å². The topological polar surface area (TPSA) is 37.8 Å². The van der Waals surface area contributed by atoms with Crippen LogP contribution in [0.3, 0.4) is 0 Å². The number of hydrogen-bond acceptors (Lipinski definition) is 3. The number of halogens is 1. The second-order valence-corrected chi connectivity index (χ2v) is 4.20. The lowest BCUT2D eigenvalue weighted by Gasteiger charge is -2.07. The van der Waals surface area contributed by atoms with Gasteiger partial charge in [-0.2, -0.15) is 0 Å². The minimum absolute atomic E-state index is 0.344. The Morgan fingerprint density at radius 1 is 1.24 bits per heavy atom. The van der Waals surface area contributed by atoms with Gasteiger partial charge >= 0.3 is 0 Å². The van der Waals surface area contributed by atoms with Gasteiger partial charge in [-0.05, 0) is 37.1 Å². The van der Waals surface area contributed by atoms with Crippen LogP contribution in [0.1, 0.15) is 11.1 Å². The van der Waals surface area contributed by atoms with Crippen molar-refractivity contribution in [2.45, 2.75) is 13.8 Å². The Labute approximate surface area is 105 Å². The number of aromatic nitrogens is 2. The van der Waals surface area contributed by atoms with E-state index in [-0.39, 0.29) is 0 Å². The predicted octanol–water partition coefficient (Wildman–Crippen LogP) is 2.95. The van der Waals surface area contributed by atoms with Crippen LogP contribution in [-0.2, 0) is 0 Å². The van der Waals surface area contributed by atoms with Crippen molar-refractivity contribution in [1.29, 1.82) is 0 Å². The third-order valence-electron chi connectivity index (χ3n) is 2.60. The van der Waals surface area contributed by atoms with Gasteiger partial charge in [-0.1, -0.05) is 17.5 Å². The number of hydrogen-bond donors (Lipinski definition) is 1. The van der Waals surface area contributed by atoms with Crippen LogP contribution in [0.15, 0.2) is 12.1 Å². The van der Waals surface area contributed by atoms with Crippen molar-refractivity contribution in [2.75, 3.05) is 11.9 Å². The van der Waals surface area contributed by atoms with E-state index in [1.165, 1.54) is 11.1 Å². The molecule has 0 radical (unpaired) electrons. The first-order chi connectivity index (χ1) is 8.11. The van der Waals surface area contributed by atoms with E-state index in [0.29, 0.717) is 17.5 Å². The molecule has 0 aliphatic carbocycles. The molecule has 3 nitrogen and oxygen atoms in total. The van der Waals surface area contributed by atoms with E-state index in [1.807, 2.05) is 26.0 Å². The molecule has 0 unspecified atom stereocenters. The van der Waals surface area contributed by atoms with E-state index in [0.717, 1.165) is 11.0 Å².